The molecule has 37 heavy (non-hydrogen) atoms. The highest BCUT2D eigenvalue weighted by Crippen LogP contribution is 2.37. The molecule has 0 aliphatic carbocycles. The summed E-state index contributed by atoms with van der Waals surface area (Å²) >= 11 is 6.90. The third-order valence-electron chi connectivity index (χ3n) is 5.48. The Kier molecular flexibility index (Phi) is 12.3. The molecule has 0 saturated carbocycles. The van der Waals surface area contributed by atoms with Crippen molar-refractivity contribution in [3.63, 3.8) is 0 Å². The van der Waals surface area contributed by atoms with Crippen LogP contribution in [0.1, 0.15) is 21.5 Å². The van der Waals surface area contributed by atoms with Crippen LogP contribution in [0, 0.1) is 11.7 Å². The van der Waals surface area contributed by atoms with Crippen LogP contribution >= 0.6 is 31.9 Å². The lowest BCUT2D eigenvalue weighted by Gasteiger charge is -2.25. The number of fused-ring (bicyclic) bond motifs is 1. The number of hydrogen-bond acceptors (Lipinski definition) is 8. The molecule has 1 heterocycles. The van der Waals surface area contributed by atoms with Crippen molar-refractivity contribution in [2.45, 2.75) is 11.8 Å². The number of hydrogen-bond donors (Lipinski definition) is 0. The monoisotopic (exact) mass is 646 g/mol. The Balaban J connectivity index is 1.40. The smallest absolute Gasteiger partial charge is 0.331 e. The Hall–Kier alpha value is -2.05. The molecule has 0 bridgehead atoms. The number of carbonyl (C=O) groups excluding carboxylic acids is 2. The van der Waals surface area contributed by atoms with Crippen molar-refractivity contribution in [2.24, 2.45) is 5.92 Å². The van der Waals surface area contributed by atoms with Crippen LogP contribution in [-0.4, -0.2) is 71.7 Å². The third kappa shape index (κ3) is 9.03. The molecular weight excluding hydrogens is 619 g/mol. The van der Waals surface area contributed by atoms with Gasteiger partial charge in [0.25, 0.3) is 0 Å². The Bertz CT molecular complexity index is 1070. The fraction of sp³-hybridized carbons (Fsp3) is 0.462. The number of ketones is 1. The molecule has 1 atom stereocenters. The van der Waals surface area contributed by atoms with E-state index in [-0.39, 0.29) is 50.5 Å². The lowest BCUT2D eigenvalue weighted by Crippen LogP contribution is -2.30. The van der Waals surface area contributed by atoms with Crippen LogP contribution in [0.5, 0.6) is 11.5 Å². The Morgan fingerprint density at radius 3 is 2.43 bits per heavy atom. The maximum absolute atomic E-state index is 14.3. The highest BCUT2D eigenvalue weighted by Gasteiger charge is 2.31. The van der Waals surface area contributed by atoms with E-state index < -0.39 is 11.8 Å². The number of ether oxygens (including phenoxy) is 6. The number of alkyl halides is 1. The second-order valence-electron chi connectivity index (χ2n) is 8.13. The van der Waals surface area contributed by atoms with Crippen molar-refractivity contribution in [1.29, 1.82) is 0 Å². The zero-order valence-electron chi connectivity index (χ0n) is 20.4. The lowest BCUT2D eigenvalue weighted by atomic mass is 9.89. The van der Waals surface area contributed by atoms with Gasteiger partial charge in [0, 0.05) is 5.33 Å². The van der Waals surface area contributed by atoms with Crippen LogP contribution in [0.3, 0.4) is 0 Å². The summed E-state index contributed by atoms with van der Waals surface area (Å²) in [5.41, 5.74) is 2.30. The molecule has 0 amide bonds. The van der Waals surface area contributed by atoms with E-state index in [1.165, 1.54) is 13.2 Å². The number of esters is 1. The SMILES string of the molecule is COC(=O)COCCOCCOCCOc1cc(CC2COc3c(Br)cc(CBr)cc3C2=O)ccc1F. The first-order valence-electron chi connectivity index (χ1n) is 11.7. The minimum absolute atomic E-state index is 0.00203. The maximum Gasteiger partial charge on any atom is 0.331 e. The van der Waals surface area contributed by atoms with Gasteiger partial charge < -0.3 is 28.4 Å². The van der Waals surface area contributed by atoms with Gasteiger partial charge in [-0.2, -0.15) is 0 Å². The Morgan fingerprint density at radius 1 is 1.03 bits per heavy atom. The minimum atomic E-state index is -0.485. The summed E-state index contributed by atoms with van der Waals surface area (Å²) in [7, 11) is 1.29. The molecule has 1 aliphatic rings. The summed E-state index contributed by atoms with van der Waals surface area (Å²) < 4.78 is 46.7. The van der Waals surface area contributed by atoms with Crippen molar-refractivity contribution >= 4 is 43.6 Å². The van der Waals surface area contributed by atoms with Gasteiger partial charge in [-0.15, -0.1) is 0 Å². The minimum Gasteiger partial charge on any atom is -0.491 e. The second kappa shape index (κ2) is 15.4. The first-order valence-corrected chi connectivity index (χ1v) is 13.6. The molecule has 1 unspecified atom stereocenters. The summed E-state index contributed by atoms with van der Waals surface area (Å²) in [6.45, 7) is 1.83. The van der Waals surface area contributed by atoms with E-state index in [2.05, 4.69) is 36.6 Å². The molecule has 2 aromatic rings. The number of methoxy groups -OCH3 is 1. The molecule has 2 aromatic carbocycles. The molecule has 0 spiro atoms. The van der Waals surface area contributed by atoms with Crippen molar-refractivity contribution in [3.05, 3.63) is 57.3 Å². The van der Waals surface area contributed by atoms with E-state index >= 15 is 0 Å². The highest BCUT2D eigenvalue weighted by atomic mass is 79.9. The first kappa shape index (κ1) is 29.5. The predicted molar refractivity (Wildman–Crippen MR) is 140 cm³/mol. The standard InChI is InChI=1S/C26H29Br2FO8/c1-32-24(30)16-35-7-6-33-4-5-34-8-9-36-23-13-17(2-3-22(23)29)10-19-15-37-26-20(25(19)31)11-18(14-27)12-21(26)28/h2-3,11-13,19H,4-10,14-16H2,1H3. The van der Waals surface area contributed by atoms with Crippen molar-refractivity contribution < 1.29 is 42.4 Å². The summed E-state index contributed by atoms with van der Waals surface area (Å²) in [6, 6.07) is 8.36. The van der Waals surface area contributed by atoms with Crippen molar-refractivity contribution in [2.75, 3.05) is 60.0 Å². The van der Waals surface area contributed by atoms with E-state index in [1.807, 2.05) is 12.1 Å². The fourth-order valence-electron chi connectivity index (χ4n) is 3.62. The molecule has 0 aromatic heterocycles. The first-order chi connectivity index (χ1) is 17.9. The molecular formula is C26H29Br2FO8. The van der Waals surface area contributed by atoms with Gasteiger partial charge in [-0.25, -0.2) is 9.18 Å². The van der Waals surface area contributed by atoms with Crippen LogP contribution in [-0.2, 0) is 35.5 Å². The van der Waals surface area contributed by atoms with Crippen LogP contribution in [0.2, 0.25) is 0 Å². The van der Waals surface area contributed by atoms with Crippen LogP contribution in [0.25, 0.3) is 0 Å². The summed E-state index contributed by atoms with van der Waals surface area (Å²) in [5.74, 6) is -0.633. The average Bonchev–Trinajstić information content (AvgIpc) is 2.90. The Labute approximate surface area is 231 Å². The molecule has 0 fully saturated rings. The van der Waals surface area contributed by atoms with E-state index in [9.17, 15) is 14.0 Å². The molecule has 11 heteroatoms. The lowest BCUT2D eigenvalue weighted by molar-refractivity contribution is -0.146. The van der Waals surface area contributed by atoms with Crippen LogP contribution in [0.15, 0.2) is 34.8 Å². The quantitative estimate of drug-likeness (QED) is 0.158. The predicted octanol–water partition coefficient (Wildman–Crippen LogP) is 4.52. The summed E-state index contributed by atoms with van der Waals surface area (Å²) in [6.07, 6.45) is 0.405. The number of carbonyl (C=O) groups is 2. The largest absolute Gasteiger partial charge is 0.491 e. The summed E-state index contributed by atoms with van der Waals surface area (Å²) in [4.78, 5) is 24.0. The third-order valence-corrected chi connectivity index (χ3v) is 6.71. The normalized spacial score (nSPS) is 14.7. The van der Waals surface area contributed by atoms with Crippen LogP contribution < -0.4 is 9.47 Å². The zero-order valence-corrected chi connectivity index (χ0v) is 23.6. The van der Waals surface area contributed by atoms with Gasteiger partial charge in [-0.3, -0.25) is 4.79 Å². The molecule has 3 rings (SSSR count). The second-order valence-corrected chi connectivity index (χ2v) is 9.55. The average molecular weight is 648 g/mol. The van der Waals surface area contributed by atoms with Gasteiger partial charge >= 0.3 is 5.97 Å². The van der Waals surface area contributed by atoms with Crippen LogP contribution in [0.4, 0.5) is 4.39 Å². The molecule has 1 aliphatic heterocycles. The number of rotatable bonds is 15. The number of halogens is 3. The molecule has 0 saturated heterocycles. The zero-order chi connectivity index (χ0) is 26.6. The van der Waals surface area contributed by atoms with E-state index in [4.69, 9.17) is 23.7 Å². The summed E-state index contributed by atoms with van der Waals surface area (Å²) in [5, 5.41) is 0.625. The maximum atomic E-state index is 14.3. The topological polar surface area (TPSA) is 89.5 Å². The van der Waals surface area contributed by atoms with Crippen molar-refractivity contribution in [1.82, 2.24) is 0 Å². The Morgan fingerprint density at radius 2 is 1.73 bits per heavy atom. The van der Waals surface area contributed by atoms with E-state index in [0.717, 1.165) is 15.6 Å². The highest BCUT2D eigenvalue weighted by molar-refractivity contribution is 9.10. The van der Waals surface area contributed by atoms with Gasteiger partial charge in [0.05, 0.1) is 62.7 Å². The molecule has 8 nitrogen and oxygen atoms in total. The van der Waals surface area contributed by atoms with Gasteiger partial charge in [-0.05, 0) is 57.7 Å². The fourth-order valence-corrected chi connectivity index (χ4v) is 4.57. The number of benzene rings is 2. The van der Waals surface area contributed by atoms with Gasteiger partial charge in [-0.1, -0.05) is 22.0 Å². The van der Waals surface area contributed by atoms with Gasteiger partial charge in [0.15, 0.2) is 17.3 Å². The van der Waals surface area contributed by atoms with Gasteiger partial charge in [0.2, 0.25) is 0 Å². The van der Waals surface area contributed by atoms with E-state index in [0.29, 0.717) is 42.9 Å². The molecule has 0 N–H and O–H groups in total. The molecule has 202 valence electrons. The molecule has 0 radical (unpaired) electrons. The van der Waals surface area contributed by atoms with Gasteiger partial charge in [0.1, 0.15) is 19.0 Å². The van der Waals surface area contributed by atoms with Crippen molar-refractivity contribution in [3.8, 4) is 11.5 Å². The number of Topliss-reactive ketones (excluding diaryl/α,β-unsaturated/α-hetero) is 1. The van der Waals surface area contributed by atoms with E-state index in [1.54, 1.807) is 12.1 Å².